The number of fused-ring (bicyclic) bond motifs is 1. The predicted octanol–water partition coefficient (Wildman–Crippen LogP) is 4.11. The molecule has 2 atom stereocenters. The lowest BCUT2D eigenvalue weighted by molar-refractivity contribution is 0.160. The lowest BCUT2D eigenvalue weighted by Crippen LogP contribution is -2.24. The molecule has 0 spiro atoms. The summed E-state index contributed by atoms with van der Waals surface area (Å²) in [6.07, 6.45) is 0.411. The molecule has 2 N–H and O–H groups in total. The van der Waals surface area contributed by atoms with Crippen LogP contribution in [0.15, 0.2) is 46.9 Å². The minimum absolute atomic E-state index is 0.0925. The molecule has 1 heterocycles. The summed E-state index contributed by atoms with van der Waals surface area (Å²) in [6, 6.07) is 12.2. The number of rotatable bonds is 1. The van der Waals surface area contributed by atoms with E-state index in [0.29, 0.717) is 6.42 Å². The largest absolute Gasteiger partial charge is 0.485 e. The monoisotopic (exact) mass is 321 g/mol. The van der Waals surface area contributed by atoms with Gasteiger partial charge in [0.15, 0.2) is 0 Å². The maximum absolute atomic E-state index is 13.4. The van der Waals surface area contributed by atoms with Gasteiger partial charge in [-0.15, -0.1) is 0 Å². The summed E-state index contributed by atoms with van der Waals surface area (Å²) in [7, 11) is 0. The van der Waals surface area contributed by atoms with Gasteiger partial charge in [0, 0.05) is 28.1 Å². The third-order valence-corrected chi connectivity index (χ3v) is 4.08. The van der Waals surface area contributed by atoms with Crippen LogP contribution in [0.4, 0.5) is 4.39 Å². The average molecular weight is 322 g/mol. The van der Waals surface area contributed by atoms with Crippen molar-refractivity contribution in [3.8, 4) is 5.75 Å². The van der Waals surface area contributed by atoms with E-state index in [1.165, 1.54) is 12.1 Å². The van der Waals surface area contributed by atoms with Crippen LogP contribution >= 0.6 is 15.9 Å². The molecule has 0 amide bonds. The predicted molar refractivity (Wildman–Crippen MR) is 75.5 cm³/mol. The Morgan fingerprint density at radius 3 is 2.79 bits per heavy atom. The summed E-state index contributed by atoms with van der Waals surface area (Å²) in [4.78, 5) is 0. The molecule has 0 radical (unpaired) electrons. The fourth-order valence-electron chi connectivity index (χ4n) is 2.40. The standard InChI is InChI=1S/C15H13BrFNO/c16-12-6-5-9(17)7-11(12)15-8-13(18)10-3-1-2-4-14(10)19-15/h1-7,13,15H,8,18H2/t13-,15?/m1/s1. The van der Waals surface area contributed by atoms with Gasteiger partial charge in [0.1, 0.15) is 17.7 Å². The first-order chi connectivity index (χ1) is 9.15. The molecule has 1 aliphatic heterocycles. The Morgan fingerprint density at radius 1 is 1.16 bits per heavy atom. The van der Waals surface area contributed by atoms with Crippen LogP contribution in [0, 0.1) is 5.82 Å². The van der Waals surface area contributed by atoms with Gasteiger partial charge in [-0.05, 0) is 24.3 Å². The summed E-state index contributed by atoms with van der Waals surface area (Å²) >= 11 is 3.44. The molecule has 0 fully saturated rings. The first-order valence-electron chi connectivity index (χ1n) is 6.11. The molecule has 0 saturated heterocycles. The van der Waals surface area contributed by atoms with E-state index >= 15 is 0 Å². The van der Waals surface area contributed by atoms with Crippen molar-refractivity contribution in [3.05, 3.63) is 63.9 Å². The van der Waals surface area contributed by atoms with Crippen molar-refractivity contribution in [2.24, 2.45) is 5.73 Å². The Labute approximate surface area is 119 Å². The van der Waals surface area contributed by atoms with Crippen molar-refractivity contribution in [1.29, 1.82) is 0 Å². The maximum atomic E-state index is 13.4. The summed E-state index contributed by atoms with van der Waals surface area (Å²) in [5.74, 6) is 0.511. The van der Waals surface area contributed by atoms with Gasteiger partial charge in [-0.2, -0.15) is 0 Å². The van der Waals surface area contributed by atoms with Crippen LogP contribution in [0.2, 0.25) is 0 Å². The number of hydrogen-bond donors (Lipinski definition) is 1. The van der Waals surface area contributed by atoms with Gasteiger partial charge in [-0.1, -0.05) is 34.1 Å². The summed E-state index contributed by atoms with van der Waals surface area (Å²) in [5.41, 5.74) is 7.98. The summed E-state index contributed by atoms with van der Waals surface area (Å²) < 4.78 is 20.2. The Hall–Kier alpha value is -1.39. The van der Waals surface area contributed by atoms with Crippen LogP contribution in [-0.4, -0.2) is 0 Å². The van der Waals surface area contributed by atoms with E-state index < -0.39 is 0 Å². The fraction of sp³-hybridized carbons (Fsp3) is 0.200. The molecule has 0 aromatic heterocycles. The normalized spacial score (nSPS) is 21.6. The number of nitrogens with two attached hydrogens (primary N) is 1. The second-order valence-electron chi connectivity index (χ2n) is 4.65. The quantitative estimate of drug-likeness (QED) is 0.857. The number of halogens is 2. The average Bonchev–Trinajstić information content (AvgIpc) is 2.41. The molecule has 98 valence electrons. The zero-order valence-electron chi connectivity index (χ0n) is 10.1. The zero-order valence-corrected chi connectivity index (χ0v) is 11.7. The number of ether oxygens (including phenoxy) is 1. The molecule has 2 aromatic rings. The third-order valence-electron chi connectivity index (χ3n) is 3.36. The number of hydrogen-bond acceptors (Lipinski definition) is 2. The molecule has 1 unspecified atom stereocenters. The van der Waals surface area contributed by atoms with E-state index in [-0.39, 0.29) is 18.0 Å². The Kier molecular flexibility index (Phi) is 3.29. The van der Waals surface area contributed by atoms with Crippen LogP contribution in [0.25, 0.3) is 0 Å². The third kappa shape index (κ3) is 2.38. The van der Waals surface area contributed by atoms with E-state index in [4.69, 9.17) is 10.5 Å². The lowest BCUT2D eigenvalue weighted by atomic mass is 9.93. The molecule has 19 heavy (non-hydrogen) atoms. The topological polar surface area (TPSA) is 35.2 Å². The van der Waals surface area contributed by atoms with Crippen LogP contribution in [-0.2, 0) is 0 Å². The number of benzene rings is 2. The van der Waals surface area contributed by atoms with Gasteiger partial charge in [-0.25, -0.2) is 4.39 Å². The molecule has 0 bridgehead atoms. The summed E-state index contributed by atoms with van der Waals surface area (Å²) in [6.45, 7) is 0. The van der Waals surface area contributed by atoms with E-state index in [0.717, 1.165) is 21.3 Å². The van der Waals surface area contributed by atoms with Gasteiger partial charge in [0.2, 0.25) is 0 Å². The van der Waals surface area contributed by atoms with E-state index in [1.54, 1.807) is 6.07 Å². The van der Waals surface area contributed by atoms with Crippen LogP contribution in [0.3, 0.4) is 0 Å². The van der Waals surface area contributed by atoms with Gasteiger partial charge in [0.05, 0.1) is 0 Å². The maximum Gasteiger partial charge on any atom is 0.127 e. The van der Waals surface area contributed by atoms with Crippen LogP contribution in [0.5, 0.6) is 5.75 Å². The molecular formula is C15H13BrFNO. The highest BCUT2D eigenvalue weighted by Crippen LogP contribution is 2.41. The van der Waals surface area contributed by atoms with Crippen LogP contribution in [0.1, 0.15) is 29.7 Å². The molecule has 0 saturated carbocycles. The van der Waals surface area contributed by atoms with Crippen LogP contribution < -0.4 is 10.5 Å². The zero-order chi connectivity index (χ0) is 13.4. The highest BCUT2D eigenvalue weighted by Gasteiger charge is 2.28. The van der Waals surface area contributed by atoms with Gasteiger partial charge < -0.3 is 10.5 Å². The van der Waals surface area contributed by atoms with Crippen molar-refractivity contribution in [3.63, 3.8) is 0 Å². The van der Waals surface area contributed by atoms with E-state index in [1.807, 2.05) is 24.3 Å². The van der Waals surface area contributed by atoms with Crippen molar-refractivity contribution >= 4 is 15.9 Å². The minimum Gasteiger partial charge on any atom is -0.485 e. The van der Waals surface area contributed by atoms with Gasteiger partial charge in [-0.3, -0.25) is 0 Å². The molecule has 0 aliphatic carbocycles. The Balaban J connectivity index is 1.99. The lowest BCUT2D eigenvalue weighted by Gasteiger charge is -2.31. The Bertz CT molecular complexity index is 617. The second kappa shape index (κ2) is 4.94. The highest BCUT2D eigenvalue weighted by molar-refractivity contribution is 9.10. The summed E-state index contributed by atoms with van der Waals surface area (Å²) in [5, 5.41) is 0. The SMILES string of the molecule is N[C@@H]1CC(c2cc(F)ccc2Br)Oc2ccccc21. The second-order valence-corrected chi connectivity index (χ2v) is 5.51. The first-order valence-corrected chi connectivity index (χ1v) is 6.90. The van der Waals surface area contributed by atoms with E-state index in [2.05, 4.69) is 15.9 Å². The Morgan fingerprint density at radius 2 is 1.95 bits per heavy atom. The minimum atomic E-state index is -0.269. The van der Waals surface area contributed by atoms with Crippen molar-refractivity contribution in [2.75, 3.05) is 0 Å². The molecule has 4 heteroatoms. The molecule has 1 aliphatic rings. The van der Waals surface area contributed by atoms with Crippen molar-refractivity contribution in [2.45, 2.75) is 18.6 Å². The smallest absolute Gasteiger partial charge is 0.127 e. The molecule has 3 rings (SSSR count). The van der Waals surface area contributed by atoms with Gasteiger partial charge in [0.25, 0.3) is 0 Å². The van der Waals surface area contributed by atoms with Gasteiger partial charge >= 0.3 is 0 Å². The van der Waals surface area contributed by atoms with Crippen molar-refractivity contribution in [1.82, 2.24) is 0 Å². The first kappa shape index (κ1) is 12.6. The highest BCUT2D eigenvalue weighted by atomic mass is 79.9. The van der Waals surface area contributed by atoms with Crippen molar-refractivity contribution < 1.29 is 9.13 Å². The molecule has 2 aromatic carbocycles. The molecule has 2 nitrogen and oxygen atoms in total. The fourth-order valence-corrected chi connectivity index (χ4v) is 2.91. The molecular weight excluding hydrogens is 309 g/mol. The van der Waals surface area contributed by atoms with E-state index in [9.17, 15) is 4.39 Å². The number of para-hydroxylation sites is 1.